The highest BCUT2D eigenvalue weighted by molar-refractivity contribution is 5.87. The molecule has 1 heterocycles. The van der Waals surface area contributed by atoms with Crippen molar-refractivity contribution in [1.82, 2.24) is 10.6 Å². The molecule has 30 heavy (non-hydrogen) atoms. The van der Waals surface area contributed by atoms with Gasteiger partial charge in [-0.3, -0.25) is 4.79 Å². The number of rotatable bonds is 7. The molecule has 3 aliphatic rings. The molecule has 1 amide bonds. The molecule has 0 bridgehead atoms. The second-order valence-electron chi connectivity index (χ2n) is 9.95. The van der Waals surface area contributed by atoms with Crippen molar-refractivity contribution in [3.8, 4) is 0 Å². The maximum Gasteiger partial charge on any atom is 0.244 e. The standard InChI is InChI=1S/C25H38N2O3/c1-17-7-8-18-9-10-20(18)21(24(2,3)16-29-6)15-22(17)26-23(28)25(4,5)27-19-11-13-30-14-12-19/h9-10,15,19,27H,7-8,11-14,16H2,1-6H3,(H,26,28)/b21-15+,22-17-. The van der Waals surface area contributed by atoms with E-state index in [1.54, 1.807) is 7.11 Å². The van der Waals surface area contributed by atoms with Crippen molar-refractivity contribution in [3.63, 3.8) is 0 Å². The fraction of sp³-hybridized carbons (Fsp3) is 0.640. The molecule has 1 aliphatic heterocycles. The maximum absolute atomic E-state index is 13.3. The summed E-state index contributed by atoms with van der Waals surface area (Å²) in [4.78, 5) is 13.3. The molecule has 166 valence electrons. The molecule has 0 saturated carbocycles. The lowest BCUT2D eigenvalue weighted by molar-refractivity contribution is -0.126. The van der Waals surface area contributed by atoms with Crippen LogP contribution in [0.25, 0.3) is 0 Å². The number of ether oxygens (including phenoxy) is 2. The molecule has 5 nitrogen and oxygen atoms in total. The molecule has 0 aromatic heterocycles. The summed E-state index contributed by atoms with van der Waals surface area (Å²) in [7, 11) is 1.74. The van der Waals surface area contributed by atoms with E-state index in [2.05, 4.69) is 49.6 Å². The van der Waals surface area contributed by atoms with Crippen molar-refractivity contribution < 1.29 is 14.3 Å². The Labute approximate surface area is 181 Å². The molecule has 0 radical (unpaired) electrons. The number of hydrogen-bond donors (Lipinski definition) is 2. The van der Waals surface area contributed by atoms with E-state index in [4.69, 9.17) is 9.47 Å². The number of methoxy groups -OCH3 is 1. The monoisotopic (exact) mass is 414 g/mol. The lowest BCUT2D eigenvalue weighted by atomic mass is 9.73. The molecule has 1 fully saturated rings. The van der Waals surface area contributed by atoms with Crippen LogP contribution in [0.2, 0.25) is 0 Å². The Morgan fingerprint density at radius 3 is 2.47 bits per heavy atom. The Bertz CT molecular complexity index is 793. The van der Waals surface area contributed by atoms with Crippen molar-refractivity contribution in [2.45, 2.75) is 71.9 Å². The minimum atomic E-state index is -0.658. The van der Waals surface area contributed by atoms with Gasteiger partial charge in [0.05, 0.1) is 12.1 Å². The molecule has 2 aliphatic carbocycles. The lowest BCUT2D eigenvalue weighted by Crippen LogP contribution is -2.56. The molecular weight excluding hydrogens is 376 g/mol. The SMILES string of the molecule is COCC(C)(C)/C1=C/C(NC(=O)C(C)(C)NC2CCOCC2)=C(\C)CCC2=C1C=C2. The van der Waals surface area contributed by atoms with Gasteiger partial charge in [-0.2, -0.15) is 0 Å². The van der Waals surface area contributed by atoms with Crippen molar-refractivity contribution in [1.29, 1.82) is 0 Å². The van der Waals surface area contributed by atoms with Crippen molar-refractivity contribution in [2.75, 3.05) is 26.9 Å². The van der Waals surface area contributed by atoms with Gasteiger partial charge < -0.3 is 20.1 Å². The summed E-state index contributed by atoms with van der Waals surface area (Å²) in [5.41, 5.74) is 5.26. The highest BCUT2D eigenvalue weighted by Crippen LogP contribution is 2.41. The maximum atomic E-state index is 13.3. The largest absolute Gasteiger partial charge is 0.384 e. The van der Waals surface area contributed by atoms with Gasteiger partial charge in [-0.1, -0.05) is 26.0 Å². The molecule has 0 unspecified atom stereocenters. The van der Waals surface area contributed by atoms with E-state index >= 15 is 0 Å². The van der Waals surface area contributed by atoms with Crippen LogP contribution >= 0.6 is 0 Å². The predicted octanol–water partition coefficient (Wildman–Crippen LogP) is 4.18. The van der Waals surface area contributed by atoms with Crippen molar-refractivity contribution in [2.24, 2.45) is 5.41 Å². The molecule has 0 spiro atoms. The van der Waals surface area contributed by atoms with Gasteiger partial charge in [0.1, 0.15) is 0 Å². The van der Waals surface area contributed by atoms with Gasteiger partial charge in [-0.25, -0.2) is 0 Å². The first kappa shape index (κ1) is 23.0. The van der Waals surface area contributed by atoms with E-state index in [1.165, 1.54) is 22.3 Å². The highest BCUT2D eigenvalue weighted by Gasteiger charge is 2.33. The van der Waals surface area contributed by atoms with E-state index in [0.29, 0.717) is 12.6 Å². The number of carbonyl (C=O) groups excluding carboxylic acids is 1. The van der Waals surface area contributed by atoms with Gasteiger partial charge in [0.25, 0.3) is 0 Å². The van der Waals surface area contributed by atoms with E-state index in [0.717, 1.165) is 44.6 Å². The van der Waals surface area contributed by atoms with Crippen LogP contribution in [0, 0.1) is 5.41 Å². The van der Waals surface area contributed by atoms with Gasteiger partial charge >= 0.3 is 0 Å². The number of nitrogens with one attached hydrogen (secondary N) is 2. The first-order chi connectivity index (χ1) is 14.1. The van der Waals surface area contributed by atoms with E-state index in [1.807, 2.05) is 13.8 Å². The zero-order valence-corrected chi connectivity index (χ0v) is 19.5. The van der Waals surface area contributed by atoms with Crippen molar-refractivity contribution >= 4 is 5.91 Å². The van der Waals surface area contributed by atoms with E-state index in [9.17, 15) is 4.79 Å². The Balaban J connectivity index is 1.83. The Kier molecular flexibility index (Phi) is 7.05. The number of amides is 1. The van der Waals surface area contributed by atoms with E-state index in [-0.39, 0.29) is 11.3 Å². The average Bonchev–Trinajstić information content (AvgIpc) is 2.65. The van der Waals surface area contributed by atoms with Gasteiger partial charge in [0.15, 0.2) is 0 Å². The molecule has 0 aromatic rings. The summed E-state index contributed by atoms with van der Waals surface area (Å²) in [6.07, 6.45) is 10.4. The zero-order valence-electron chi connectivity index (χ0n) is 19.5. The number of carbonyl (C=O) groups is 1. The van der Waals surface area contributed by atoms with Gasteiger partial charge in [0.2, 0.25) is 5.91 Å². The minimum Gasteiger partial charge on any atom is -0.384 e. The second-order valence-corrected chi connectivity index (χ2v) is 9.95. The second kappa shape index (κ2) is 9.21. The molecule has 2 N–H and O–H groups in total. The third-order valence-corrected chi connectivity index (χ3v) is 6.44. The summed E-state index contributed by atoms with van der Waals surface area (Å²) in [5, 5.41) is 6.79. The minimum absolute atomic E-state index is 0.00224. The van der Waals surface area contributed by atoms with E-state index < -0.39 is 5.54 Å². The number of hydrogen-bond acceptors (Lipinski definition) is 4. The smallest absolute Gasteiger partial charge is 0.244 e. The van der Waals surface area contributed by atoms with Crippen LogP contribution in [0.3, 0.4) is 0 Å². The summed E-state index contributed by atoms with van der Waals surface area (Å²) < 4.78 is 11.0. The van der Waals surface area contributed by atoms with Crippen LogP contribution in [-0.4, -0.2) is 44.4 Å². The Morgan fingerprint density at radius 1 is 1.17 bits per heavy atom. The van der Waals surface area contributed by atoms with Crippen LogP contribution in [0.15, 0.2) is 46.2 Å². The fourth-order valence-electron chi connectivity index (χ4n) is 4.41. The first-order valence-electron chi connectivity index (χ1n) is 11.1. The first-order valence-corrected chi connectivity index (χ1v) is 11.1. The van der Waals surface area contributed by atoms with Crippen LogP contribution in [-0.2, 0) is 14.3 Å². The predicted molar refractivity (Wildman–Crippen MR) is 121 cm³/mol. The third-order valence-electron chi connectivity index (χ3n) is 6.44. The highest BCUT2D eigenvalue weighted by atomic mass is 16.5. The van der Waals surface area contributed by atoms with Crippen LogP contribution in [0.1, 0.15) is 60.3 Å². The summed E-state index contributed by atoms with van der Waals surface area (Å²) in [5.74, 6) is 0.00224. The van der Waals surface area contributed by atoms with Crippen LogP contribution in [0.4, 0.5) is 0 Å². The van der Waals surface area contributed by atoms with Gasteiger partial charge in [-0.05, 0) is 74.8 Å². The molecule has 0 aromatic carbocycles. The van der Waals surface area contributed by atoms with Crippen molar-refractivity contribution in [3.05, 3.63) is 46.2 Å². The van der Waals surface area contributed by atoms with Gasteiger partial charge in [-0.15, -0.1) is 0 Å². The normalized spacial score (nSPS) is 25.1. The topological polar surface area (TPSA) is 59.6 Å². The fourth-order valence-corrected chi connectivity index (χ4v) is 4.41. The zero-order chi connectivity index (χ0) is 21.9. The van der Waals surface area contributed by atoms with Crippen LogP contribution < -0.4 is 10.6 Å². The number of allylic oxidation sites excluding steroid dienone is 6. The average molecular weight is 415 g/mol. The molecule has 0 atom stereocenters. The molecule has 1 saturated heterocycles. The molecule has 3 rings (SSSR count). The summed E-state index contributed by atoms with van der Waals surface area (Å²) in [6, 6.07) is 0.312. The summed E-state index contributed by atoms with van der Waals surface area (Å²) in [6.45, 7) is 12.6. The van der Waals surface area contributed by atoms with Crippen LogP contribution in [0.5, 0.6) is 0 Å². The molecule has 5 heteroatoms. The lowest BCUT2D eigenvalue weighted by Gasteiger charge is -2.35. The quantitative estimate of drug-likeness (QED) is 0.656. The Hall–Kier alpha value is -1.69. The summed E-state index contributed by atoms with van der Waals surface area (Å²) >= 11 is 0. The molecular formula is C25H38N2O3. The van der Waals surface area contributed by atoms with Gasteiger partial charge in [0, 0.05) is 37.5 Å². The third kappa shape index (κ3) is 5.13. The Morgan fingerprint density at radius 2 is 1.87 bits per heavy atom.